The highest BCUT2D eigenvalue weighted by atomic mass is 19.1. The lowest BCUT2D eigenvalue weighted by Gasteiger charge is -2.23. The van der Waals surface area contributed by atoms with Gasteiger partial charge in [-0.1, -0.05) is 20.8 Å². The van der Waals surface area contributed by atoms with Gasteiger partial charge in [0.2, 0.25) is 0 Å². The first-order valence-electron chi connectivity index (χ1n) is 6.16. The van der Waals surface area contributed by atoms with Gasteiger partial charge in [-0.15, -0.1) is 0 Å². The molecular weight excluding hydrogens is 234 g/mol. The summed E-state index contributed by atoms with van der Waals surface area (Å²) in [7, 11) is 0. The molecule has 0 amide bonds. The maximum absolute atomic E-state index is 13.8. The molecule has 1 atom stereocenters. The largest absolute Gasteiger partial charge is 0.271 e. The van der Waals surface area contributed by atoms with Crippen molar-refractivity contribution in [3.8, 4) is 0 Å². The number of nitrogens with two attached hydrogens (primary N) is 1. The minimum atomic E-state index is -0.546. The van der Waals surface area contributed by atoms with Crippen molar-refractivity contribution in [2.75, 3.05) is 0 Å². The third-order valence-electron chi connectivity index (χ3n) is 3.04. The van der Waals surface area contributed by atoms with Crippen molar-refractivity contribution >= 4 is 0 Å². The zero-order valence-corrected chi connectivity index (χ0v) is 11.5. The van der Waals surface area contributed by atoms with Crippen molar-refractivity contribution in [3.63, 3.8) is 0 Å². The summed E-state index contributed by atoms with van der Waals surface area (Å²) in [5.74, 6) is 4.41. The van der Waals surface area contributed by atoms with E-state index in [0.29, 0.717) is 17.5 Å². The topological polar surface area (TPSA) is 38.0 Å². The van der Waals surface area contributed by atoms with E-state index in [4.69, 9.17) is 5.84 Å². The summed E-state index contributed by atoms with van der Waals surface area (Å²) in [6.07, 6.45) is 1.61. The number of benzene rings is 1. The van der Waals surface area contributed by atoms with Gasteiger partial charge in [-0.3, -0.25) is 11.3 Å². The summed E-state index contributed by atoms with van der Waals surface area (Å²) in [6, 6.07) is 2.16. The van der Waals surface area contributed by atoms with Crippen molar-refractivity contribution in [3.05, 3.63) is 34.9 Å². The molecule has 102 valence electrons. The molecule has 1 aromatic rings. The normalized spacial score (nSPS) is 13.7. The Morgan fingerprint density at radius 2 is 1.83 bits per heavy atom. The molecule has 0 spiro atoms. The van der Waals surface area contributed by atoms with Crippen molar-refractivity contribution in [1.82, 2.24) is 5.43 Å². The molecule has 18 heavy (non-hydrogen) atoms. The average molecular weight is 256 g/mol. The van der Waals surface area contributed by atoms with Crippen LogP contribution in [-0.4, -0.2) is 0 Å². The first-order chi connectivity index (χ1) is 8.24. The van der Waals surface area contributed by atoms with Crippen LogP contribution >= 0.6 is 0 Å². The Labute approximate surface area is 108 Å². The molecule has 2 nitrogen and oxygen atoms in total. The summed E-state index contributed by atoms with van der Waals surface area (Å²) in [5.41, 5.74) is 3.63. The van der Waals surface area contributed by atoms with Crippen LogP contribution in [0.3, 0.4) is 0 Å². The number of aryl methyl sites for hydroxylation is 1. The highest BCUT2D eigenvalue weighted by molar-refractivity contribution is 5.28. The number of hydrogen-bond acceptors (Lipinski definition) is 2. The molecule has 0 fully saturated rings. The fraction of sp³-hybridized carbons (Fsp3) is 0.571. The van der Waals surface area contributed by atoms with Crippen LogP contribution in [-0.2, 0) is 0 Å². The molecule has 0 aliphatic heterocycles. The van der Waals surface area contributed by atoms with Crippen LogP contribution in [0, 0.1) is 24.0 Å². The van der Waals surface area contributed by atoms with Crippen LogP contribution in [0.1, 0.15) is 50.8 Å². The Morgan fingerprint density at radius 1 is 1.22 bits per heavy atom. The zero-order valence-electron chi connectivity index (χ0n) is 11.5. The molecule has 3 N–H and O–H groups in total. The molecule has 0 heterocycles. The predicted molar refractivity (Wildman–Crippen MR) is 69.8 cm³/mol. The Bertz CT molecular complexity index is 411. The molecular formula is C14H22F2N2. The van der Waals surface area contributed by atoms with E-state index in [0.717, 1.165) is 12.5 Å². The van der Waals surface area contributed by atoms with Crippen LogP contribution in [0.4, 0.5) is 8.78 Å². The van der Waals surface area contributed by atoms with Gasteiger partial charge in [0.1, 0.15) is 11.6 Å². The summed E-state index contributed by atoms with van der Waals surface area (Å²) in [4.78, 5) is 0. The molecule has 4 heteroatoms. The van der Waals surface area contributed by atoms with Gasteiger partial charge in [0.25, 0.3) is 0 Å². The maximum atomic E-state index is 13.8. The maximum Gasteiger partial charge on any atom is 0.130 e. The smallest absolute Gasteiger partial charge is 0.130 e. The molecule has 0 radical (unpaired) electrons. The van der Waals surface area contributed by atoms with E-state index in [-0.39, 0.29) is 11.5 Å². The fourth-order valence-corrected chi connectivity index (χ4v) is 1.85. The minimum absolute atomic E-state index is 0.153. The van der Waals surface area contributed by atoms with E-state index in [1.54, 1.807) is 6.92 Å². The van der Waals surface area contributed by atoms with E-state index in [1.807, 2.05) is 0 Å². The molecule has 1 unspecified atom stereocenters. The van der Waals surface area contributed by atoms with Gasteiger partial charge >= 0.3 is 0 Å². The van der Waals surface area contributed by atoms with E-state index < -0.39 is 11.6 Å². The SMILES string of the molecule is Cc1cc(C(CCC(C)(C)C)NN)c(F)cc1F. The quantitative estimate of drug-likeness (QED) is 0.638. The summed E-state index contributed by atoms with van der Waals surface area (Å²) in [5, 5.41) is 0. The Morgan fingerprint density at radius 3 is 2.33 bits per heavy atom. The average Bonchev–Trinajstić information content (AvgIpc) is 2.24. The van der Waals surface area contributed by atoms with Crippen LogP contribution in [0.2, 0.25) is 0 Å². The number of hydrazine groups is 1. The summed E-state index contributed by atoms with van der Waals surface area (Å²) in [6.45, 7) is 7.97. The van der Waals surface area contributed by atoms with Gasteiger partial charge < -0.3 is 0 Å². The minimum Gasteiger partial charge on any atom is -0.271 e. The van der Waals surface area contributed by atoms with Gasteiger partial charge in [-0.25, -0.2) is 8.78 Å². The number of halogens is 2. The Hall–Kier alpha value is -1.00. The Balaban J connectivity index is 2.92. The lowest BCUT2D eigenvalue weighted by atomic mass is 9.87. The van der Waals surface area contributed by atoms with Crippen molar-refractivity contribution in [2.24, 2.45) is 11.3 Å². The van der Waals surface area contributed by atoms with Crippen molar-refractivity contribution < 1.29 is 8.78 Å². The first kappa shape index (κ1) is 15.1. The molecule has 1 rings (SSSR count). The van der Waals surface area contributed by atoms with E-state index in [9.17, 15) is 8.78 Å². The van der Waals surface area contributed by atoms with Gasteiger partial charge in [-0.05, 0) is 36.8 Å². The number of nitrogens with one attached hydrogen (secondary N) is 1. The molecule has 0 saturated carbocycles. The lowest BCUT2D eigenvalue weighted by Crippen LogP contribution is -2.29. The number of hydrogen-bond donors (Lipinski definition) is 2. The van der Waals surface area contributed by atoms with E-state index >= 15 is 0 Å². The standard InChI is InChI=1S/C14H22F2N2/c1-9-7-10(12(16)8-11(9)15)13(18-17)5-6-14(2,3)4/h7-8,13,18H,5-6,17H2,1-4H3. The van der Waals surface area contributed by atoms with Gasteiger partial charge in [0.05, 0.1) is 0 Å². The lowest BCUT2D eigenvalue weighted by molar-refractivity contribution is 0.330. The third-order valence-corrected chi connectivity index (χ3v) is 3.04. The predicted octanol–water partition coefficient (Wildman–Crippen LogP) is 3.60. The van der Waals surface area contributed by atoms with Gasteiger partial charge in [-0.2, -0.15) is 0 Å². The fourth-order valence-electron chi connectivity index (χ4n) is 1.85. The van der Waals surface area contributed by atoms with Crippen molar-refractivity contribution in [1.29, 1.82) is 0 Å². The van der Waals surface area contributed by atoms with Crippen molar-refractivity contribution in [2.45, 2.75) is 46.6 Å². The third kappa shape index (κ3) is 4.03. The van der Waals surface area contributed by atoms with Crippen LogP contribution < -0.4 is 11.3 Å². The second-order valence-electron chi connectivity index (χ2n) is 5.94. The Kier molecular flexibility index (Phi) is 4.82. The van der Waals surface area contributed by atoms with Gasteiger partial charge in [0, 0.05) is 17.7 Å². The second kappa shape index (κ2) is 5.76. The van der Waals surface area contributed by atoms with Crippen LogP contribution in [0.5, 0.6) is 0 Å². The summed E-state index contributed by atoms with van der Waals surface area (Å²) < 4.78 is 27.0. The second-order valence-corrected chi connectivity index (χ2v) is 5.94. The molecule has 0 aromatic heterocycles. The highest BCUT2D eigenvalue weighted by Gasteiger charge is 2.19. The molecule has 0 saturated heterocycles. The highest BCUT2D eigenvalue weighted by Crippen LogP contribution is 2.29. The molecule has 0 bridgehead atoms. The van der Waals surface area contributed by atoms with E-state index in [1.165, 1.54) is 6.07 Å². The van der Waals surface area contributed by atoms with Crippen LogP contribution in [0.25, 0.3) is 0 Å². The number of rotatable bonds is 4. The zero-order chi connectivity index (χ0) is 13.9. The molecule has 0 aliphatic carbocycles. The van der Waals surface area contributed by atoms with Gasteiger partial charge in [0.15, 0.2) is 0 Å². The monoisotopic (exact) mass is 256 g/mol. The summed E-state index contributed by atoms with van der Waals surface area (Å²) >= 11 is 0. The first-order valence-corrected chi connectivity index (χ1v) is 6.16. The van der Waals surface area contributed by atoms with Crippen LogP contribution in [0.15, 0.2) is 12.1 Å². The van der Waals surface area contributed by atoms with E-state index in [2.05, 4.69) is 26.2 Å². The molecule has 0 aliphatic rings. The molecule has 1 aromatic carbocycles.